The van der Waals surface area contributed by atoms with Gasteiger partial charge in [0, 0.05) is 7.11 Å². The lowest BCUT2D eigenvalue weighted by Crippen LogP contribution is -3.14. The van der Waals surface area contributed by atoms with Crippen LogP contribution in [0.5, 0.6) is 0 Å². The zero-order valence-electron chi connectivity index (χ0n) is 8.78. The van der Waals surface area contributed by atoms with Crippen molar-refractivity contribution in [1.82, 2.24) is 0 Å². The van der Waals surface area contributed by atoms with Gasteiger partial charge in [-0.2, -0.15) is 0 Å². The Kier molecular flexibility index (Phi) is 5.25. The van der Waals surface area contributed by atoms with Gasteiger partial charge in [0.2, 0.25) is 6.23 Å². The maximum atomic E-state index is 5.40. The largest absolute Gasteiger partial charge is 1.00 e. The van der Waals surface area contributed by atoms with Crippen molar-refractivity contribution in [1.29, 1.82) is 0 Å². The summed E-state index contributed by atoms with van der Waals surface area (Å²) in [4.78, 5) is 1.36. The van der Waals surface area contributed by atoms with E-state index in [4.69, 9.17) is 9.47 Å². The number of nitrogens with one attached hydrogen (secondary N) is 1. The van der Waals surface area contributed by atoms with E-state index in [0.29, 0.717) is 6.61 Å². The molecule has 1 saturated heterocycles. The number of hydrogen-bond donors (Lipinski definition) is 1. The Labute approximate surface area is 101 Å². The minimum atomic E-state index is 0. The first kappa shape index (κ1) is 12.6. The highest BCUT2D eigenvalue weighted by Crippen LogP contribution is 2.02. The molecule has 1 fully saturated rings. The van der Waals surface area contributed by atoms with Crippen molar-refractivity contribution in [3.05, 3.63) is 30.3 Å². The smallest absolute Gasteiger partial charge is 0.220 e. The van der Waals surface area contributed by atoms with Crippen molar-refractivity contribution >= 4 is 5.69 Å². The molecule has 0 amide bonds. The van der Waals surface area contributed by atoms with Gasteiger partial charge in [-0.1, -0.05) is 18.2 Å². The summed E-state index contributed by atoms with van der Waals surface area (Å²) in [6, 6.07) is 10.4. The summed E-state index contributed by atoms with van der Waals surface area (Å²) in [5.41, 5.74) is 1.28. The minimum absolute atomic E-state index is 0. The van der Waals surface area contributed by atoms with E-state index < -0.39 is 0 Å². The third kappa shape index (κ3) is 3.01. The van der Waals surface area contributed by atoms with E-state index in [-0.39, 0.29) is 23.2 Å². The summed E-state index contributed by atoms with van der Waals surface area (Å²) in [7, 11) is 1.74. The number of para-hydroxylation sites is 1. The molecule has 0 bridgehead atoms. The molecule has 0 aliphatic carbocycles. The fraction of sp³-hybridized carbons (Fsp3) is 0.455. The van der Waals surface area contributed by atoms with Gasteiger partial charge in [-0.3, -0.25) is 4.90 Å². The fourth-order valence-electron chi connectivity index (χ4n) is 1.83. The van der Waals surface area contributed by atoms with Crippen LogP contribution < -0.4 is 21.9 Å². The highest BCUT2D eigenvalue weighted by molar-refractivity contribution is 5.28. The lowest BCUT2D eigenvalue weighted by atomic mass is 10.2. The van der Waals surface area contributed by atoms with Gasteiger partial charge < -0.3 is 26.5 Å². The van der Waals surface area contributed by atoms with Crippen LogP contribution in [0.4, 0.5) is 5.69 Å². The average molecular weight is 274 g/mol. The van der Waals surface area contributed by atoms with Crippen molar-refractivity contribution in [2.45, 2.75) is 6.23 Å². The van der Waals surface area contributed by atoms with Crippen LogP contribution >= 0.6 is 0 Å². The number of morpholine rings is 1. The Morgan fingerprint density at radius 3 is 2.73 bits per heavy atom. The Balaban J connectivity index is 0.00000112. The lowest BCUT2D eigenvalue weighted by molar-refractivity contribution is -0.896. The van der Waals surface area contributed by atoms with E-state index >= 15 is 0 Å². The van der Waals surface area contributed by atoms with Crippen LogP contribution in [-0.4, -0.2) is 33.1 Å². The molecule has 0 spiro atoms. The maximum absolute atomic E-state index is 5.40. The number of halogens is 1. The fourth-order valence-corrected chi connectivity index (χ4v) is 1.83. The zero-order valence-corrected chi connectivity index (χ0v) is 10.4. The number of methoxy groups -OCH3 is 1. The topological polar surface area (TPSA) is 22.9 Å². The lowest BCUT2D eigenvalue weighted by Gasteiger charge is -2.30. The first-order valence-corrected chi connectivity index (χ1v) is 4.93. The Morgan fingerprint density at radius 2 is 2.07 bits per heavy atom. The molecular formula is C11H16BrNO2. The quantitative estimate of drug-likeness (QED) is 0.630. The van der Waals surface area contributed by atoms with Crippen LogP contribution in [0.2, 0.25) is 0 Å². The molecule has 2 rings (SSSR count). The molecular weight excluding hydrogens is 258 g/mol. The summed E-state index contributed by atoms with van der Waals surface area (Å²) < 4.78 is 10.8. The van der Waals surface area contributed by atoms with Crippen LogP contribution in [0.15, 0.2) is 30.3 Å². The summed E-state index contributed by atoms with van der Waals surface area (Å²) >= 11 is 0. The van der Waals surface area contributed by atoms with E-state index in [9.17, 15) is 0 Å². The molecule has 2 atom stereocenters. The van der Waals surface area contributed by atoms with Crippen LogP contribution in [-0.2, 0) is 9.47 Å². The molecule has 1 heterocycles. The normalized spacial score (nSPS) is 25.7. The summed E-state index contributed by atoms with van der Waals surface area (Å²) in [6.45, 7) is 2.47. The van der Waals surface area contributed by atoms with Crippen LogP contribution in [0.1, 0.15) is 0 Å². The summed E-state index contributed by atoms with van der Waals surface area (Å²) in [5.74, 6) is 0. The first-order valence-electron chi connectivity index (χ1n) is 4.93. The number of quaternary nitrogens is 1. The third-order valence-corrected chi connectivity index (χ3v) is 2.60. The molecule has 0 radical (unpaired) electrons. The Bertz CT molecular complexity index is 281. The molecule has 0 aromatic heterocycles. The van der Waals surface area contributed by atoms with Crippen LogP contribution in [0, 0.1) is 0 Å². The average Bonchev–Trinajstić information content (AvgIpc) is 2.30. The molecule has 0 saturated carbocycles. The standard InChI is InChI=1S/C11H15NO2.BrH/c1-13-11-9-14-8-7-12(11)10-5-3-2-4-6-10;/h2-6,11H,7-9H2,1H3;1H. The molecule has 4 heteroatoms. The number of benzene rings is 1. The van der Waals surface area contributed by atoms with Crippen molar-refractivity contribution in [3.63, 3.8) is 0 Å². The van der Waals surface area contributed by atoms with E-state index in [0.717, 1.165) is 13.2 Å². The number of rotatable bonds is 2. The third-order valence-electron chi connectivity index (χ3n) is 2.60. The second-order valence-corrected chi connectivity index (χ2v) is 3.44. The van der Waals surface area contributed by atoms with Crippen molar-refractivity contribution in [2.75, 3.05) is 26.9 Å². The monoisotopic (exact) mass is 273 g/mol. The maximum Gasteiger partial charge on any atom is 0.220 e. The molecule has 3 nitrogen and oxygen atoms in total. The van der Waals surface area contributed by atoms with Crippen LogP contribution in [0.3, 0.4) is 0 Å². The van der Waals surface area contributed by atoms with Gasteiger partial charge in [-0.05, 0) is 12.1 Å². The molecule has 1 aliphatic rings. The molecule has 1 N–H and O–H groups in total. The molecule has 1 aromatic carbocycles. The zero-order chi connectivity index (χ0) is 9.80. The summed E-state index contributed by atoms with van der Waals surface area (Å²) in [5, 5.41) is 0. The molecule has 1 aromatic rings. The first-order chi connectivity index (χ1) is 6.92. The van der Waals surface area contributed by atoms with Gasteiger partial charge >= 0.3 is 0 Å². The van der Waals surface area contributed by atoms with E-state index in [1.165, 1.54) is 10.6 Å². The van der Waals surface area contributed by atoms with Gasteiger partial charge in [0.1, 0.15) is 18.8 Å². The van der Waals surface area contributed by atoms with Gasteiger partial charge in [0.05, 0.1) is 6.61 Å². The van der Waals surface area contributed by atoms with E-state index in [2.05, 4.69) is 24.3 Å². The second-order valence-electron chi connectivity index (χ2n) is 3.44. The highest BCUT2D eigenvalue weighted by Gasteiger charge is 2.27. The number of ether oxygens (including phenoxy) is 2. The molecule has 84 valence electrons. The van der Waals surface area contributed by atoms with Crippen molar-refractivity contribution in [3.8, 4) is 0 Å². The highest BCUT2D eigenvalue weighted by atomic mass is 79.9. The predicted molar refractivity (Wildman–Crippen MR) is 53.5 cm³/mol. The molecule has 15 heavy (non-hydrogen) atoms. The Hall–Kier alpha value is -0.420. The predicted octanol–water partition coefficient (Wildman–Crippen LogP) is -2.79. The van der Waals surface area contributed by atoms with Crippen molar-refractivity contribution < 1.29 is 31.4 Å². The van der Waals surface area contributed by atoms with E-state index in [1.807, 2.05) is 6.07 Å². The van der Waals surface area contributed by atoms with Crippen LogP contribution in [0.25, 0.3) is 0 Å². The van der Waals surface area contributed by atoms with Gasteiger partial charge in [-0.15, -0.1) is 0 Å². The Morgan fingerprint density at radius 1 is 1.33 bits per heavy atom. The minimum Gasteiger partial charge on any atom is -1.00 e. The molecule has 1 aliphatic heterocycles. The SMILES string of the molecule is COC1COCC[NH+]1c1ccccc1.[Br-]. The second kappa shape index (κ2) is 6.23. The van der Waals surface area contributed by atoms with Crippen molar-refractivity contribution in [2.24, 2.45) is 0 Å². The van der Waals surface area contributed by atoms with Gasteiger partial charge in [0.15, 0.2) is 0 Å². The number of hydrogen-bond acceptors (Lipinski definition) is 2. The van der Waals surface area contributed by atoms with Gasteiger partial charge in [0.25, 0.3) is 0 Å². The van der Waals surface area contributed by atoms with Gasteiger partial charge in [-0.25, -0.2) is 0 Å². The van der Waals surface area contributed by atoms with E-state index in [1.54, 1.807) is 7.11 Å². The summed E-state index contributed by atoms with van der Waals surface area (Å²) in [6.07, 6.45) is 0.131. The molecule has 2 unspecified atom stereocenters.